The summed E-state index contributed by atoms with van der Waals surface area (Å²) < 4.78 is 4.66. The van der Waals surface area contributed by atoms with E-state index in [1.165, 1.54) is 27.2 Å². The second kappa shape index (κ2) is 13.0. The van der Waals surface area contributed by atoms with E-state index >= 15 is 0 Å². The third kappa shape index (κ3) is 5.21. The van der Waals surface area contributed by atoms with E-state index in [1.54, 1.807) is 0 Å². The number of rotatable bonds is 6. The number of nitrogens with zero attached hydrogens (tertiary/aromatic N) is 5. The van der Waals surface area contributed by atoms with Gasteiger partial charge in [0.15, 0.2) is 5.82 Å². The summed E-state index contributed by atoms with van der Waals surface area (Å²) in [5, 5.41) is 4.73. The van der Waals surface area contributed by atoms with Crippen molar-refractivity contribution in [2.45, 2.75) is 0 Å². The van der Waals surface area contributed by atoms with Crippen molar-refractivity contribution < 1.29 is 0 Å². The molecule has 0 amide bonds. The Balaban J connectivity index is 1.08. The predicted octanol–water partition coefficient (Wildman–Crippen LogP) is 12.7. The van der Waals surface area contributed by atoms with Gasteiger partial charge < -0.3 is 4.57 Å². The van der Waals surface area contributed by atoms with Crippen LogP contribution < -0.4 is 0 Å². The van der Waals surface area contributed by atoms with Crippen LogP contribution in [0.25, 0.3) is 100 Å². The number of hydrogen-bond donors (Lipinski definition) is 0. The number of pyridine rings is 1. The molecule has 0 N–H and O–H groups in total. The van der Waals surface area contributed by atoms with Gasteiger partial charge in [0, 0.05) is 61.4 Å². The molecule has 5 heteroatoms. The molecule has 0 saturated heterocycles. The normalized spacial score (nSPS) is 11.6. The first kappa shape index (κ1) is 31.9. The van der Waals surface area contributed by atoms with Crippen LogP contribution in [0.5, 0.6) is 0 Å². The van der Waals surface area contributed by atoms with E-state index in [2.05, 4.69) is 161 Å². The van der Waals surface area contributed by atoms with E-state index < -0.39 is 0 Å². The summed E-state index contributed by atoms with van der Waals surface area (Å²) in [6, 6.07) is 68.3. The van der Waals surface area contributed by atoms with Gasteiger partial charge in [0.05, 0.1) is 27.9 Å². The van der Waals surface area contributed by atoms with Crippen LogP contribution in [0.4, 0.5) is 0 Å². The number of benzene rings is 7. The van der Waals surface area contributed by atoms with Gasteiger partial charge in [0.2, 0.25) is 0 Å². The molecular weight excluding hydrogens is 683 g/mol. The van der Waals surface area contributed by atoms with Crippen LogP contribution in [0.2, 0.25) is 0 Å². The quantitative estimate of drug-likeness (QED) is 0.172. The second-order valence-electron chi connectivity index (χ2n) is 14.1. The number of hydrogen-bond acceptors (Lipinski definition) is 3. The van der Waals surface area contributed by atoms with Crippen molar-refractivity contribution in [2.24, 2.45) is 0 Å². The highest BCUT2D eigenvalue weighted by Gasteiger charge is 2.19. The number of aromatic nitrogens is 5. The highest BCUT2D eigenvalue weighted by molar-refractivity contribution is 6.15. The average Bonchev–Trinajstić information content (AvgIpc) is 3.80. The molecule has 56 heavy (non-hydrogen) atoms. The van der Waals surface area contributed by atoms with E-state index in [4.69, 9.17) is 15.0 Å². The van der Waals surface area contributed by atoms with E-state index in [0.29, 0.717) is 5.82 Å². The van der Waals surface area contributed by atoms with Gasteiger partial charge in [-0.25, -0.2) is 15.0 Å². The Kier molecular flexibility index (Phi) is 7.42. The number of para-hydroxylation sites is 3. The Labute approximate surface area is 323 Å². The zero-order valence-electron chi connectivity index (χ0n) is 30.3. The van der Waals surface area contributed by atoms with Crippen molar-refractivity contribution in [3.8, 4) is 56.4 Å². The molecule has 0 aliphatic rings. The molecule has 0 fully saturated rings. The molecule has 11 rings (SSSR count). The zero-order valence-corrected chi connectivity index (χ0v) is 30.3. The van der Waals surface area contributed by atoms with Gasteiger partial charge in [-0.2, -0.15) is 0 Å². The van der Waals surface area contributed by atoms with E-state index in [-0.39, 0.29) is 0 Å². The lowest BCUT2D eigenvalue weighted by molar-refractivity contribution is 1.14. The summed E-state index contributed by atoms with van der Waals surface area (Å²) in [4.78, 5) is 15.0. The van der Waals surface area contributed by atoms with Crippen molar-refractivity contribution in [2.75, 3.05) is 0 Å². The van der Waals surface area contributed by atoms with Crippen LogP contribution in [0.15, 0.2) is 200 Å². The van der Waals surface area contributed by atoms with Crippen LogP contribution in [0, 0.1) is 0 Å². The van der Waals surface area contributed by atoms with Gasteiger partial charge in [-0.1, -0.05) is 121 Å². The SMILES string of the molecule is c1ccc(-c2cc(-c3ccccc3)nc(-c3ccc(-n4c5ccccc5c5cccc(-c6ccc7c(c6)c6cccnc6n7-c6ccccc6)c54)cc3)n2)cc1. The molecule has 5 nitrogen and oxygen atoms in total. The van der Waals surface area contributed by atoms with Crippen molar-refractivity contribution >= 4 is 43.7 Å². The van der Waals surface area contributed by atoms with E-state index in [1.807, 2.05) is 48.7 Å². The molecule has 11 aromatic rings. The van der Waals surface area contributed by atoms with Gasteiger partial charge in [-0.15, -0.1) is 0 Å². The summed E-state index contributed by atoms with van der Waals surface area (Å²) in [5.41, 5.74) is 13.7. The van der Waals surface area contributed by atoms with Crippen LogP contribution in [0.1, 0.15) is 0 Å². The molecule has 0 atom stereocenters. The summed E-state index contributed by atoms with van der Waals surface area (Å²) in [6.07, 6.45) is 1.88. The molecule has 0 bridgehead atoms. The Morgan fingerprint density at radius 3 is 1.68 bits per heavy atom. The van der Waals surface area contributed by atoms with Gasteiger partial charge in [0.1, 0.15) is 5.65 Å². The smallest absolute Gasteiger partial charge is 0.160 e. The van der Waals surface area contributed by atoms with Crippen molar-refractivity contribution in [1.29, 1.82) is 0 Å². The summed E-state index contributed by atoms with van der Waals surface area (Å²) in [5.74, 6) is 0.692. The molecule has 0 radical (unpaired) electrons. The van der Waals surface area contributed by atoms with Gasteiger partial charge in [-0.05, 0) is 78.4 Å². The standard InChI is InChI=1S/C51H33N5/c1-4-14-34(15-5-1)45-33-46(35-16-6-2-7-17-35)54-50(53-45)36-25-28-39(29-26-36)55-47-24-11-10-20-41(47)42-22-12-21-40(49(42)55)37-27-30-48-44(32-37)43-23-13-31-52-51(43)56(48)38-18-8-3-9-19-38/h1-33H. The predicted molar refractivity (Wildman–Crippen MR) is 230 cm³/mol. The topological polar surface area (TPSA) is 48.5 Å². The molecule has 4 aromatic heterocycles. The first-order valence-corrected chi connectivity index (χ1v) is 18.9. The Morgan fingerprint density at radius 2 is 0.946 bits per heavy atom. The Bertz CT molecular complexity index is 3160. The monoisotopic (exact) mass is 715 g/mol. The molecule has 0 aliphatic carbocycles. The maximum atomic E-state index is 5.09. The highest BCUT2D eigenvalue weighted by Crippen LogP contribution is 2.41. The Morgan fingerprint density at radius 1 is 0.357 bits per heavy atom. The molecular formula is C51H33N5. The van der Waals surface area contributed by atoms with E-state index in [0.717, 1.165) is 67.1 Å². The summed E-state index contributed by atoms with van der Waals surface area (Å²) in [6.45, 7) is 0. The first-order valence-electron chi connectivity index (χ1n) is 18.9. The molecule has 0 saturated carbocycles. The molecule has 7 aromatic carbocycles. The van der Waals surface area contributed by atoms with Crippen LogP contribution in [0.3, 0.4) is 0 Å². The lowest BCUT2D eigenvalue weighted by Gasteiger charge is -2.13. The van der Waals surface area contributed by atoms with Crippen molar-refractivity contribution in [3.63, 3.8) is 0 Å². The second-order valence-corrected chi connectivity index (χ2v) is 14.1. The maximum absolute atomic E-state index is 5.09. The third-order valence-corrected chi connectivity index (χ3v) is 10.8. The fraction of sp³-hybridized carbons (Fsp3) is 0. The molecule has 0 aliphatic heterocycles. The maximum Gasteiger partial charge on any atom is 0.160 e. The summed E-state index contributed by atoms with van der Waals surface area (Å²) >= 11 is 0. The number of fused-ring (bicyclic) bond motifs is 6. The van der Waals surface area contributed by atoms with Crippen LogP contribution >= 0.6 is 0 Å². The fourth-order valence-electron chi connectivity index (χ4n) is 8.22. The highest BCUT2D eigenvalue weighted by atomic mass is 15.0. The minimum absolute atomic E-state index is 0.692. The van der Waals surface area contributed by atoms with Crippen molar-refractivity contribution in [3.05, 3.63) is 200 Å². The largest absolute Gasteiger partial charge is 0.309 e. The average molecular weight is 716 g/mol. The third-order valence-electron chi connectivity index (χ3n) is 10.8. The Hall–Kier alpha value is -7.63. The van der Waals surface area contributed by atoms with Gasteiger partial charge >= 0.3 is 0 Å². The molecule has 262 valence electrons. The van der Waals surface area contributed by atoms with Crippen molar-refractivity contribution in [1.82, 2.24) is 24.1 Å². The molecule has 4 heterocycles. The minimum Gasteiger partial charge on any atom is -0.309 e. The minimum atomic E-state index is 0.692. The molecule has 0 unspecified atom stereocenters. The van der Waals surface area contributed by atoms with Gasteiger partial charge in [-0.3, -0.25) is 4.57 Å². The lowest BCUT2D eigenvalue weighted by atomic mass is 10.00. The molecule has 0 spiro atoms. The zero-order chi connectivity index (χ0) is 37.0. The van der Waals surface area contributed by atoms with Crippen LogP contribution in [-0.4, -0.2) is 24.1 Å². The lowest BCUT2D eigenvalue weighted by Crippen LogP contribution is -1.98. The van der Waals surface area contributed by atoms with Crippen LogP contribution in [-0.2, 0) is 0 Å². The first-order chi connectivity index (χ1) is 27.8. The fourth-order valence-corrected chi connectivity index (χ4v) is 8.22. The van der Waals surface area contributed by atoms with E-state index in [9.17, 15) is 0 Å². The summed E-state index contributed by atoms with van der Waals surface area (Å²) in [7, 11) is 0. The van der Waals surface area contributed by atoms with Gasteiger partial charge in [0.25, 0.3) is 0 Å².